The number of carbonyl (C=O) groups is 1. The van der Waals surface area contributed by atoms with Gasteiger partial charge in [0.2, 0.25) is 15.9 Å². The first kappa shape index (κ1) is 21.4. The normalized spacial score (nSPS) is 19.5. The molecule has 0 unspecified atom stereocenters. The number of sulfonamides is 1. The van der Waals surface area contributed by atoms with Crippen molar-refractivity contribution < 1.29 is 17.9 Å². The molecule has 10 nitrogen and oxygen atoms in total. The van der Waals surface area contributed by atoms with Crippen molar-refractivity contribution in [1.82, 2.24) is 23.7 Å². The molecule has 0 radical (unpaired) electrons. The second-order valence-corrected chi connectivity index (χ2v) is 10.6. The van der Waals surface area contributed by atoms with Crippen LogP contribution >= 0.6 is 11.3 Å². The van der Waals surface area contributed by atoms with Crippen LogP contribution in [0.25, 0.3) is 10.2 Å². The maximum atomic E-state index is 13.3. The van der Waals surface area contributed by atoms with Crippen LogP contribution in [0.1, 0.15) is 4.88 Å². The molecule has 0 bridgehead atoms. The predicted octanol–water partition coefficient (Wildman–Crippen LogP) is -0.439. The Morgan fingerprint density at radius 1 is 1.17 bits per heavy atom. The van der Waals surface area contributed by atoms with Crippen LogP contribution in [0.3, 0.4) is 0 Å². The van der Waals surface area contributed by atoms with E-state index in [1.165, 1.54) is 26.5 Å². The average Bonchev–Trinajstić information content (AvgIpc) is 3.08. The number of amides is 1. The lowest BCUT2D eigenvalue weighted by Crippen LogP contribution is -2.48. The molecule has 30 heavy (non-hydrogen) atoms. The van der Waals surface area contributed by atoms with Gasteiger partial charge in [0.15, 0.2) is 0 Å². The minimum atomic E-state index is -3.86. The number of ether oxygens (including phenoxy) is 1. The van der Waals surface area contributed by atoms with Gasteiger partial charge >= 0.3 is 0 Å². The molecule has 2 aromatic heterocycles. The number of rotatable bonds is 4. The van der Waals surface area contributed by atoms with E-state index in [-0.39, 0.29) is 35.8 Å². The number of aromatic nitrogens is 2. The molecule has 0 spiro atoms. The Labute approximate surface area is 178 Å². The van der Waals surface area contributed by atoms with Crippen LogP contribution in [0.5, 0.6) is 0 Å². The highest BCUT2D eigenvalue weighted by molar-refractivity contribution is 7.89. The molecule has 4 heterocycles. The van der Waals surface area contributed by atoms with Gasteiger partial charge in [-0.1, -0.05) is 0 Å². The van der Waals surface area contributed by atoms with Gasteiger partial charge in [0.1, 0.15) is 16.3 Å². The Balaban J connectivity index is 1.69. The van der Waals surface area contributed by atoms with Gasteiger partial charge in [0.05, 0.1) is 24.9 Å². The number of hydrogen-bond acceptors (Lipinski definition) is 8. The second-order valence-electron chi connectivity index (χ2n) is 7.55. The third-order valence-corrected chi connectivity index (χ3v) is 8.74. The molecule has 0 aromatic carbocycles. The quantitative estimate of drug-likeness (QED) is 0.616. The Hall–Kier alpha value is -1.86. The zero-order valence-electron chi connectivity index (χ0n) is 17.0. The van der Waals surface area contributed by atoms with Gasteiger partial charge in [-0.15, -0.1) is 11.3 Å². The summed E-state index contributed by atoms with van der Waals surface area (Å²) in [5, 5.41) is 0.0673. The molecule has 2 fully saturated rings. The molecule has 2 aromatic rings. The topological polar surface area (TPSA) is 105 Å². The number of piperazine rings is 1. The minimum absolute atomic E-state index is 0.00305. The van der Waals surface area contributed by atoms with Gasteiger partial charge < -0.3 is 14.5 Å². The summed E-state index contributed by atoms with van der Waals surface area (Å²) in [6.07, 6.45) is 1.33. The summed E-state index contributed by atoms with van der Waals surface area (Å²) in [6.45, 7) is 5.43. The molecule has 12 heteroatoms. The van der Waals surface area contributed by atoms with E-state index >= 15 is 0 Å². The smallest absolute Gasteiger partial charge is 0.263 e. The number of thiophene rings is 1. The molecule has 0 atom stereocenters. The summed E-state index contributed by atoms with van der Waals surface area (Å²) in [4.78, 5) is 34.9. The molecular formula is C18H25N5O5S2. The molecule has 1 amide bonds. The summed E-state index contributed by atoms with van der Waals surface area (Å²) >= 11 is 1.18. The first-order chi connectivity index (χ1) is 14.3. The van der Waals surface area contributed by atoms with E-state index in [0.717, 1.165) is 13.1 Å². The summed E-state index contributed by atoms with van der Waals surface area (Å²) < 4.78 is 34.4. The van der Waals surface area contributed by atoms with Crippen molar-refractivity contribution in [2.45, 2.75) is 18.4 Å². The second kappa shape index (κ2) is 8.35. The molecule has 0 aliphatic carbocycles. The molecule has 4 rings (SSSR count). The third-order valence-electron chi connectivity index (χ3n) is 5.53. The molecule has 0 N–H and O–H groups in total. The molecular weight excluding hydrogens is 430 g/mol. The van der Waals surface area contributed by atoms with Crippen molar-refractivity contribution in [3.63, 3.8) is 0 Å². The highest BCUT2D eigenvalue weighted by atomic mass is 32.2. The minimum Gasteiger partial charge on any atom is -0.379 e. The van der Waals surface area contributed by atoms with Crippen LogP contribution in [0.15, 0.2) is 16.0 Å². The Kier molecular flexibility index (Phi) is 5.95. The van der Waals surface area contributed by atoms with Crippen LogP contribution in [0.2, 0.25) is 0 Å². The lowest BCUT2D eigenvalue weighted by atomic mass is 10.3. The van der Waals surface area contributed by atoms with E-state index in [0.29, 0.717) is 36.0 Å². The number of morpholine rings is 1. The van der Waals surface area contributed by atoms with Crippen LogP contribution in [-0.4, -0.2) is 97.5 Å². The van der Waals surface area contributed by atoms with Crippen LogP contribution in [0, 0.1) is 6.92 Å². The number of hydrogen-bond donors (Lipinski definition) is 0. The van der Waals surface area contributed by atoms with Crippen molar-refractivity contribution in [2.24, 2.45) is 0 Å². The van der Waals surface area contributed by atoms with Crippen LogP contribution in [0.4, 0.5) is 0 Å². The number of carbonyl (C=O) groups excluding carboxylic acids is 1. The first-order valence-electron chi connectivity index (χ1n) is 9.82. The number of aryl methyl sites for hydroxylation is 1. The van der Waals surface area contributed by atoms with Crippen molar-refractivity contribution in [3.05, 3.63) is 21.6 Å². The zero-order valence-corrected chi connectivity index (χ0v) is 18.7. The zero-order chi connectivity index (χ0) is 21.5. The van der Waals surface area contributed by atoms with Gasteiger partial charge in [-0.2, -0.15) is 4.31 Å². The Morgan fingerprint density at radius 3 is 2.50 bits per heavy atom. The number of nitrogens with zero attached hydrogens (tertiary/aromatic N) is 5. The van der Waals surface area contributed by atoms with E-state index < -0.39 is 15.6 Å². The Bertz CT molecular complexity index is 1110. The standard InChI is InChI=1S/C18H25N5O5S2/c1-13-16(30(26,27)23-7-9-28-10-8-23)15-17(29-13)19-12-22(18(15)25)11-14(24)21-5-3-20(2)4-6-21/h12H,3-11H2,1-2H3. The highest BCUT2D eigenvalue weighted by Crippen LogP contribution is 2.33. The highest BCUT2D eigenvalue weighted by Gasteiger charge is 2.33. The fraction of sp³-hybridized carbons (Fsp3) is 0.611. The Morgan fingerprint density at radius 2 is 1.83 bits per heavy atom. The summed E-state index contributed by atoms with van der Waals surface area (Å²) in [5.74, 6) is -0.170. The largest absolute Gasteiger partial charge is 0.379 e. The molecule has 2 aliphatic heterocycles. The summed E-state index contributed by atoms with van der Waals surface area (Å²) in [6, 6.07) is 0. The fourth-order valence-electron chi connectivity index (χ4n) is 3.75. The predicted molar refractivity (Wildman–Crippen MR) is 112 cm³/mol. The van der Waals surface area contributed by atoms with Gasteiger partial charge in [0, 0.05) is 44.1 Å². The van der Waals surface area contributed by atoms with Gasteiger partial charge in [-0.3, -0.25) is 14.2 Å². The number of fused-ring (bicyclic) bond motifs is 1. The van der Waals surface area contributed by atoms with E-state index in [9.17, 15) is 18.0 Å². The van der Waals surface area contributed by atoms with Gasteiger partial charge in [-0.05, 0) is 14.0 Å². The SMILES string of the molecule is Cc1sc2ncn(CC(=O)N3CCN(C)CC3)c(=O)c2c1S(=O)(=O)N1CCOCC1. The molecule has 2 aliphatic rings. The van der Waals surface area contributed by atoms with Crippen LogP contribution < -0.4 is 5.56 Å². The lowest BCUT2D eigenvalue weighted by molar-refractivity contribution is -0.133. The van der Waals surface area contributed by atoms with E-state index in [1.807, 2.05) is 7.05 Å². The number of likely N-dealkylation sites (N-methyl/N-ethyl adjacent to an activating group) is 1. The maximum Gasteiger partial charge on any atom is 0.263 e. The van der Waals surface area contributed by atoms with Crippen molar-refractivity contribution in [3.8, 4) is 0 Å². The monoisotopic (exact) mass is 455 g/mol. The van der Waals surface area contributed by atoms with E-state index in [4.69, 9.17) is 4.74 Å². The van der Waals surface area contributed by atoms with Gasteiger partial charge in [0.25, 0.3) is 5.56 Å². The molecule has 164 valence electrons. The lowest BCUT2D eigenvalue weighted by Gasteiger charge is -2.32. The maximum absolute atomic E-state index is 13.3. The van der Waals surface area contributed by atoms with Gasteiger partial charge in [-0.25, -0.2) is 13.4 Å². The van der Waals surface area contributed by atoms with E-state index in [2.05, 4.69) is 9.88 Å². The first-order valence-corrected chi connectivity index (χ1v) is 12.1. The average molecular weight is 456 g/mol. The van der Waals surface area contributed by atoms with E-state index in [1.54, 1.807) is 11.8 Å². The van der Waals surface area contributed by atoms with Crippen molar-refractivity contribution in [2.75, 3.05) is 59.5 Å². The van der Waals surface area contributed by atoms with Crippen molar-refractivity contribution in [1.29, 1.82) is 0 Å². The summed E-state index contributed by atoms with van der Waals surface area (Å²) in [5.41, 5.74) is -0.501. The molecule has 2 saturated heterocycles. The van der Waals surface area contributed by atoms with Crippen LogP contribution in [-0.2, 0) is 26.1 Å². The third kappa shape index (κ3) is 3.89. The van der Waals surface area contributed by atoms with Crippen molar-refractivity contribution >= 4 is 37.5 Å². The molecule has 0 saturated carbocycles. The summed E-state index contributed by atoms with van der Waals surface area (Å²) in [7, 11) is -1.86. The fourth-order valence-corrected chi connectivity index (χ4v) is 6.83.